The highest BCUT2D eigenvalue weighted by Gasteiger charge is 2.17. The molecule has 15 heavy (non-hydrogen) atoms. The number of nitrogens with zero attached hydrogens (tertiary/aromatic N) is 5. The lowest BCUT2D eigenvalue weighted by molar-refractivity contribution is 0.158. The van der Waals surface area contributed by atoms with Crippen molar-refractivity contribution in [1.29, 1.82) is 0 Å². The summed E-state index contributed by atoms with van der Waals surface area (Å²) in [6.45, 7) is 4.68. The molecule has 1 fully saturated rings. The van der Waals surface area contributed by atoms with E-state index in [1.165, 1.54) is 0 Å². The lowest BCUT2D eigenvalue weighted by Crippen LogP contribution is -2.40. The Labute approximate surface area is 91.2 Å². The van der Waals surface area contributed by atoms with E-state index in [1.54, 1.807) is 15.9 Å². The molecule has 8 nitrogen and oxygen atoms in total. The standard InChI is InChI=1S/C6H10N8S/c1-2-3-13-5(7-10-12-13)4-14-9-6(15)8-11-14/h2,11H,1,3-4H2,(H2,8,9,15). The topological polar surface area (TPSA) is 82.9 Å². The van der Waals surface area contributed by atoms with Crippen LogP contribution < -0.4 is 16.4 Å². The molecule has 0 unspecified atom stereocenters. The molecule has 80 valence electrons. The van der Waals surface area contributed by atoms with E-state index in [1.807, 2.05) is 0 Å². The van der Waals surface area contributed by atoms with Crippen molar-refractivity contribution < 1.29 is 0 Å². The van der Waals surface area contributed by atoms with Crippen molar-refractivity contribution in [3.8, 4) is 0 Å². The van der Waals surface area contributed by atoms with Crippen molar-refractivity contribution in [2.45, 2.75) is 13.1 Å². The second kappa shape index (κ2) is 4.29. The minimum Gasteiger partial charge on any atom is -0.282 e. The average Bonchev–Trinajstić information content (AvgIpc) is 2.78. The van der Waals surface area contributed by atoms with Gasteiger partial charge in [0.05, 0.1) is 13.1 Å². The Morgan fingerprint density at radius 2 is 2.40 bits per heavy atom. The molecule has 1 saturated heterocycles. The number of hydrogen-bond acceptors (Lipinski definition) is 6. The summed E-state index contributed by atoms with van der Waals surface area (Å²) in [7, 11) is 0. The predicted octanol–water partition coefficient (Wildman–Crippen LogP) is -1.53. The molecule has 1 aromatic rings. The van der Waals surface area contributed by atoms with Crippen LogP contribution in [0, 0.1) is 0 Å². The first-order valence-electron chi connectivity index (χ1n) is 4.25. The van der Waals surface area contributed by atoms with Gasteiger partial charge in [-0.2, -0.15) is 0 Å². The van der Waals surface area contributed by atoms with Crippen LogP contribution in [0.3, 0.4) is 0 Å². The fraction of sp³-hybridized carbons (Fsp3) is 0.333. The molecule has 0 aromatic carbocycles. The monoisotopic (exact) mass is 226 g/mol. The number of hydrazine groups is 3. The lowest BCUT2D eigenvalue weighted by atomic mass is 10.5. The van der Waals surface area contributed by atoms with E-state index in [0.717, 1.165) is 0 Å². The zero-order valence-corrected chi connectivity index (χ0v) is 8.66. The maximum Gasteiger partial charge on any atom is 0.197 e. The van der Waals surface area contributed by atoms with Gasteiger partial charge in [0.1, 0.15) is 0 Å². The summed E-state index contributed by atoms with van der Waals surface area (Å²) in [5, 5.41) is 13.4. The van der Waals surface area contributed by atoms with Crippen molar-refractivity contribution >= 4 is 17.3 Å². The molecule has 9 heteroatoms. The Hall–Kier alpha value is -1.58. The zero-order chi connectivity index (χ0) is 10.7. The van der Waals surface area contributed by atoms with Crippen LogP contribution in [0.4, 0.5) is 0 Å². The summed E-state index contributed by atoms with van der Waals surface area (Å²) >= 11 is 4.87. The van der Waals surface area contributed by atoms with Crippen molar-refractivity contribution in [3.05, 3.63) is 18.5 Å². The van der Waals surface area contributed by atoms with Gasteiger partial charge in [-0.1, -0.05) is 6.08 Å². The largest absolute Gasteiger partial charge is 0.282 e. The summed E-state index contributed by atoms with van der Waals surface area (Å²) in [5.41, 5.74) is 8.41. The Kier molecular flexibility index (Phi) is 2.85. The number of thiocarbonyl (C=S) groups is 1. The highest BCUT2D eigenvalue weighted by atomic mass is 32.1. The SMILES string of the molecule is C=CCn1nnnc1CN1NNC(=S)N1. The molecule has 0 aliphatic carbocycles. The molecule has 1 aromatic heterocycles. The number of nitrogens with one attached hydrogen (secondary N) is 3. The Morgan fingerprint density at radius 1 is 1.53 bits per heavy atom. The highest BCUT2D eigenvalue weighted by Crippen LogP contribution is 1.97. The smallest absolute Gasteiger partial charge is 0.197 e. The van der Waals surface area contributed by atoms with Crippen molar-refractivity contribution in [2.24, 2.45) is 0 Å². The fourth-order valence-electron chi connectivity index (χ4n) is 1.12. The van der Waals surface area contributed by atoms with Crippen LogP contribution in [-0.2, 0) is 13.1 Å². The molecule has 1 aliphatic rings. The molecule has 2 rings (SSSR count). The molecule has 0 saturated carbocycles. The van der Waals surface area contributed by atoms with Crippen LogP contribution in [-0.4, -0.2) is 30.4 Å². The number of tetrazole rings is 1. The number of rotatable bonds is 4. The first kappa shape index (κ1) is 9.96. The molecular weight excluding hydrogens is 216 g/mol. The van der Waals surface area contributed by atoms with Gasteiger partial charge in [-0.25, -0.2) is 4.68 Å². The van der Waals surface area contributed by atoms with Gasteiger partial charge < -0.3 is 0 Å². The fourth-order valence-corrected chi connectivity index (χ4v) is 1.27. The minimum atomic E-state index is 0.480. The van der Waals surface area contributed by atoms with Gasteiger partial charge in [-0.15, -0.1) is 22.3 Å². The first-order chi connectivity index (χ1) is 7.29. The van der Waals surface area contributed by atoms with E-state index in [9.17, 15) is 0 Å². The van der Waals surface area contributed by atoms with Gasteiger partial charge in [0.2, 0.25) is 0 Å². The van der Waals surface area contributed by atoms with Crippen LogP contribution in [0.15, 0.2) is 12.7 Å². The lowest BCUT2D eigenvalue weighted by Gasteiger charge is -2.12. The first-order valence-corrected chi connectivity index (χ1v) is 4.66. The van der Waals surface area contributed by atoms with Crippen LogP contribution in [0.25, 0.3) is 0 Å². The van der Waals surface area contributed by atoms with Crippen LogP contribution in [0.2, 0.25) is 0 Å². The highest BCUT2D eigenvalue weighted by molar-refractivity contribution is 7.80. The van der Waals surface area contributed by atoms with Crippen molar-refractivity contribution in [2.75, 3.05) is 0 Å². The maximum atomic E-state index is 4.87. The van der Waals surface area contributed by atoms with Gasteiger partial charge in [-0.3, -0.25) is 10.9 Å². The predicted molar refractivity (Wildman–Crippen MR) is 55.6 cm³/mol. The molecule has 0 spiro atoms. The zero-order valence-electron chi connectivity index (χ0n) is 7.84. The molecule has 2 heterocycles. The number of hydrogen-bond donors (Lipinski definition) is 3. The number of allylic oxidation sites excluding steroid dienone is 1. The molecule has 1 aliphatic heterocycles. The molecule has 0 amide bonds. The molecule has 0 atom stereocenters. The van der Waals surface area contributed by atoms with E-state index in [0.29, 0.717) is 24.0 Å². The van der Waals surface area contributed by atoms with Gasteiger partial charge in [-0.05, 0) is 22.6 Å². The average molecular weight is 226 g/mol. The summed E-state index contributed by atoms with van der Waals surface area (Å²) < 4.78 is 1.65. The normalized spacial score (nSPS) is 16.1. The maximum absolute atomic E-state index is 4.87. The van der Waals surface area contributed by atoms with Crippen LogP contribution in [0.1, 0.15) is 5.82 Å². The van der Waals surface area contributed by atoms with E-state index in [2.05, 4.69) is 38.5 Å². The number of aromatic nitrogens is 4. The van der Waals surface area contributed by atoms with Crippen molar-refractivity contribution in [3.63, 3.8) is 0 Å². The third-order valence-corrected chi connectivity index (χ3v) is 1.94. The van der Waals surface area contributed by atoms with E-state index >= 15 is 0 Å². The molecule has 3 N–H and O–H groups in total. The minimum absolute atomic E-state index is 0.480. The van der Waals surface area contributed by atoms with E-state index in [-0.39, 0.29) is 0 Å². The van der Waals surface area contributed by atoms with Gasteiger partial charge >= 0.3 is 0 Å². The Morgan fingerprint density at radius 3 is 3.07 bits per heavy atom. The Bertz CT molecular complexity index is 373. The van der Waals surface area contributed by atoms with Crippen LogP contribution in [0.5, 0.6) is 0 Å². The third-order valence-electron chi connectivity index (χ3n) is 1.75. The second-order valence-corrected chi connectivity index (χ2v) is 3.24. The van der Waals surface area contributed by atoms with Gasteiger partial charge in [0.15, 0.2) is 10.9 Å². The summed E-state index contributed by atoms with van der Waals surface area (Å²) in [6.07, 6.45) is 1.73. The van der Waals surface area contributed by atoms with Crippen molar-refractivity contribution in [1.82, 2.24) is 41.7 Å². The van der Waals surface area contributed by atoms with E-state index in [4.69, 9.17) is 12.2 Å². The quantitative estimate of drug-likeness (QED) is 0.421. The summed E-state index contributed by atoms with van der Waals surface area (Å²) in [6, 6.07) is 0. The third kappa shape index (κ3) is 2.26. The van der Waals surface area contributed by atoms with E-state index < -0.39 is 0 Å². The molecular formula is C6H10N8S. The molecule has 0 bridgehead atoms. The van der Waals surface area contributed by atoms with Gasteiger partial charge in [0, 0.05) is 0 Å². The summed E-state index contributed by atoms with van der Waals surface area (Å²) in [5.74, 6) is 0.710. The summed E-state index contributed by atoms with van der Waals surface area (Å²) in [4.78, 5) is 0. The second-order valence-electron chi connectivity index (χ2n) is 2.83. The molecule has 0 radical (unpaired) electrons. The van der Waals surface area contributed by atoms with Gasteiger partial charge in [0.25, 0.3) is 0 Å². The van der Waals surface area contributed by atoms with Crippen LogP contribution >= 0.6 is 12.2 Å². The Balaban J connectivity index is 2.00.